The Labute approximate surface area is 105 Å². The fraction of sp³-hybridized carbons (Fsp3) is 0.500. The number of nitrogens with two attached hydrogens (primary N) is 1. The quantitative estimate of drug-likeness (QED) is 0.248. The monoisotopic (exact) mass is 255 g/mol. The van der Waals surface area contributed by atoms with Gasteiger partial charge in [0.15, 0.2) is 5.84 Å². The molecule has 18 heavy (non-hydrogen) atoms. The van der Waals surface area contributed by atoms with E-state index in [0.29, 0.717) is 31.3 Å². The van der Waals surface area contributed by atoms with Crippen molar-refractivity contribution < 1.29 is 15.1 Å². The van der Waals surface area contributed by atoms with Crippen LogP contribution < -0.4 is 10.6 Å². The Bertz CT molecular complexity index is 399. The molecule has 1 aromatic rings. The molecule has 0 unspecified atom stereocenters. The molecule has 1 aromatic heterocycles. The molecule has 8 nitrogen and oxygen atoms in total. The molecule has 0 aromatic carbocycles. The van der Waals surface area contributed by atoms with Crippen molar-refractivity contribution in [1.82, 2.24) is 9.97 Å². The lowest BCUT2D eigenvalue weighted by atomic mass is 10.4. The van der Waals surface area contributed by atoms with Crippen molar-refractivity contribution in [3.05, 3.63) is 18.0 Å². The van der Waals surface area contributed by atoms with Gasteiger partial charge < -0.3 is 25.7 Å². The second-order valence-electron chi connectivity index (χ2n) is 3.43. The number of anilines is 1. The van der Waals surface area contributed by atoms with Gasteiger partial charge >= 0.3 is 0 Å². The van der Waals surface area contributed by atoms with Crippen molar-refractivity contribution in [2.24, 2.45) is 10.9 Å². The van der Waals surface area contributed by atoms with E-state index in [1.54, 1.807) is 12.0 Å². The molecule has 1 rings (SSSR count). The third kappa shape index (κ3) is 3.82. The van der Waals surface area contributed by atoms with Crippen LogP contribution in [-0.4, -0.2) is 59.5 Å². The highest BCUT2D eigenvalue weighted by Crippen LogP contribution is 2.07. The summed E-state index contributed by atoms with van der Waals surface area (Å²) in [6, 6.07) is 1.53. The van der Waals surface area contributed by atoms with Gasteiger partial charge in [-0.2, -0.15) is 0 Å². The van der Waals surface area contributed by atoms with E-state index in [0.717, 1.165) is 0 Å². The fourth-order valence-electron chi connectivity index (χ4n) is 1.33. The van der Waals surface area contributed by atoms with Crippen molar-refractivity contribution >= 4 is 11.8 Å². The molecule has 0 spiro atoms. The molecule has 0 saturated carbocycles. The van der Waals surface area contributed by atoms with Gasteiger partial charge in [0.2, 0.25) is 5.95 Å². The zero-order chi connectivity index (χ0) is 13.4. The van der Waals surface area contributed by atoms with Gasteiger partial charge in [0.05, 0.1) is 13.2 Å². The summed E-state index contributed by atoms with van der Waals surface area (Å²) in [7, 11) is 1.59. The fourth-order valence-corrected chi connectivity index (χ4v) is 1.33. The number of hydrogen-bond acceptors (Lipinski definition) is 7. The van der Waals surface area contributed by atoms with Gasteiger partial charge in [0.1, 0.15) is 5.69 Å². The van der Waals surface area contributed by atoms with Crippen molar-refractivity contribution in [1.29, 1.82) is 0 Å². The van der Waals surface area contributed by atoms with Gasteiger partial charge in [-0.3, -0.25) is 0 Å². The van der Waals surface area contributed by atoms with E-state index in [4.69, 9.17) is 20.8 Å². The Kier molecular flexibility index (Phi) is 5.81. The first kappa shape index (κ1) is 14.1. The number of hydrogen-bond donors (Lipinski definition) is 3. The van der Waals surface area contributed by atoms with Gasteiger partial charge in [-0.15, -0.1) is 0 Å². The Morgan fingerprint density at radius 3 is 2.94 bits per heavy atom. The molecule has 0 bridgehead atoms. The van der Waals surface area contributed by atoms with E-state index in [-0.39, 0.29) is 12.4 Å². The number of aliphatic hydroxyl groups excluding tert-OH is 1. The number of methoxy groups -OCH3 is 1. The number of aromatic nitrogens is 2. The lowest BCUT2D eigenvalue weighted by molar-refractivity contribution is 0.202. The van der Waals surface area contributed by atoms with Crippen LogP contribution in [0.1, 0.15) is 5.69 Å². The topological polar surface area (TPSA) is 117 Å². The lowest BCUT2D eigenvalue weighted by Gasteiger charge is -2.21. The summed E-state index contributed by atoms with van der Waals surface area (Å²) >= 11 is 0. The maximum absolute atomic E-state index is 9.00. The maximum Gasteiger partial charge on any atom is 0.226 e. The van der Waals surface area contributed by atoms with Crippen LogP contribution in [0, 0.1) is 0 Å². The standard InChI is InChI=1S/C10H17N5O3/c1-18-7-5-15(4-6-16)10-12-3-2-8(13-10)9(11)14-17/h2-3,16-17H,4-7H2,1H3,(H2,11,14). The van der Waals surface area contributed by atoms with Crippen molar-refractivity contribution in [2.45, 2.75) is 0 Å². The Morgan fingerprint density at radius 2 is 2.33 bits per heavy atom. The van der Waals surface area contributed by atoms with Crippen LogP contribution in [0.3, 0.4) is 0 Å². The number of amidine groups is 1. The summed E-state index contributed by atoms with van der Waals surface area (Å²) < 4.78 is 4.97. The first-order valence-electron chi connectivity index (χ1n) is 5.38. The zero-order valence-corrected chi connectivity index (χ0v) is 10.2. The SMILES string of the molecule is COCCN(CCO)c1nccc(/C(N)=N/O)n1. The molecule has 0 saturated heterocycles. The van der Waals surface area contributed by atoms with Crippen molar-refractivity contribution in [3.8, 4) is 0 Å². The Balaban J connectivity index is 2.90. The van der Waals surface area contributed by atoms with E-state index in [9.17, 15) is 0 Å². The van der Waals surface area contributed by atoms with E-state index in [1.165, 1.54) is 12.3 Å². The van der Waals surface area contributed by atoms with E-state index in [1.807, 2.05) is 0 Å². The minimum Gasteiger partial charge on any atom is -0.409 e. The number of rotatable bonds is 7. The minimum atomic E-state index is -0.0886. The summed E-state index contributed by atoms with van der Waals surface area (Å²) in [5.41, 5.74) is 5.78. The molecule has 8 heteroatoms. The number of aliphatic hydroxyl groups is 1. The average Bonchev–Trinajstić information content (AvgIpc) is 2.42. The first-order chi connectivity index (χ1) is 8.72. The van der Waals surface area contributed by atoms with Crippen LogP contribution in [0.15, 0.2) is 17.4 Å². The molecular formula is C10H17N5O3. The highest BCUT2D eigenvalue weighted by molar-refractivity contribution is 5.95. The van der Waals surface area contributed by atoms with Gasteiger partial charge in [-0.05, 0) is 6.07 Å². The first-order valence-corrected chi connectivity index (χ1v) is 5.38. The molecule has 100 valence electrons. The molecule has 0 radical (unpaired) electrons. The normalized spacial score (nSPS) is 11.6. The highest BCUT2D eigenvalue weighted by atomic mass is 16.5. The predicted octanol–water partition coefficient (Wildman–Crippen LogP) is -0.984. The van der Waals surface area contributed by atoms with E-state index in [2.05, 4.69) is 15.1 Å². The smallest absolute Gasteiger partial charge is 0.226 e. The summed E-state index contributed by atoms with van der Waals surface area (Å²) in [5, 5.41) is 20.5. The zero-order valence-electron chi connectivity index (χ0n) is 10.2. The Morgan fingerprint density at radius 1 is 1.56 bits per heavy atom. The molecule has 1 heterocycles. The molecular weight excluding hydrogens is 238 g/mol. The molecule has 0 aliphatic heterocycles. The number of nitrogens with zero attached hydrogens (tertiary/aromatic N) is 4. The van der Waals surface area contributed by atoms with Crippen LogP contribution in [-0.2, 0) is 4.74 Å². The Hall–Kier alpha value is -1.93. The summed E-state index contributed by atoms with van der Waals surface area (Å²) in [5.74, 6) is 0.305. The molecule has 0 aliphatic rings. The molecule has 0 fully saturated rings. The van der Waals surface area contributed by atoms with Crippen LogP contribution in [0.5, 0.6) is 0 Å². The largest absolute Gasteiger partial charge is 0.409 e. The average molecular weight is 255 g/mol. The molecule has 0 atom stereocenters. The maximum atomic E-state index is 9.00. The minimum absolute atomic E-state index is 0.0269. The predicted molar refractivity (Wildman–Crippen MR) is 65.7 cm³/mol. The van der Waals surface area contributed by atoms with Crippen LogP contribution in [0.25, 0.3) is 0 Å². The summed E-state index contributed by atoms with van der Waals surface area (Å²) in [6.45, 7) is 1.37. The van der Waals surface area contributed by atoms with Gasteiger partial charge in [0, 0.05) is 26.4 Å². The van der Waals surface area contributed by atoms with Crippen LogP contribution in [0.2, 0.25) is 0 Å². The second-order valence-corrected chi connectivity index (χ2v) is 3.43. The van der Waals surface area contributed by atoms with Crippen LogP contribution in [0.4, 0.5) is 5.95 Å². The third-order valence-corrected chi connectivity index (χ3v) is 2.23. The molecule has 0 aliphatic carbocycles. The van der Waals surface area contributed by atoms with Gasteiger partial charge in [0.25, 0.3) is 0 Å². The molecule has 4 N–H and O–H groups in total. The van der Waals surface area contributed by atoms with Crippen LogP contribution >= 0.6 is 0 Å². The van der Waals surface area contributed by atoms with Crippen molar-refractivity contribution in [3.63, 3.8) is 0 Å². The van der Waals surface area contributed by atoms with E-state index < -0.39 is 0 Å². The van der Waals surface area contributed by atoms with Gasteiger partial charge in [-0.25, -0.2) is 9.97 Å². The lowest BCUT2D eigenvalue weighted by Crippen LogP contribution is -2.32. The second kappa shape index (κ2) is 7.41. The molecule has 0 amide bonds. The van der Waals surface area contributed by atoms with E-state index >= 15 is 0 Å². The summed E-state index contributed by atoms with van der Waals surface area (Å²) in [4.78, 5) is 9.98. The highest BCUT2D eigenvalue weighted by Gasteiger charge is 2.11. The number of oxime groups is 1. The van der Waals surface area contributed by atoms with Gasteiger partial charge in [-0.1, -0.05) is 5.16 Å². The number of ether oxygens (including phenoxy) is 1. The third-order valence-electron chi connectivity index (χ3n) is 2.23. The van der Waals surface area contributed by atoms with Crippen molar-refractivity contribution in [2.75, 3.05) is 38.3 Å². The summed E-state index contributed by atoms with van der Waals surface area (Å²) in [6.07, 6.45) is 1.51.